The largest absolute Gasteiger partial charge is 0.328 e. The SMILES string of the molecule is CCC1CCC(N)CC1.CCC1CCC(N)CC1.NC1CCC(CC2CCC(N)CC2)CC1. The highest BCUT2D eigenvalue weighted by Crippen LogP contribution is 2.34. The third kappa shape index (κ3) is 12.4. The third-order valence-corrected chi connectivity index (χ3v) is 9.39. The Morgan fingerprint density at radius 3 is 0.788 bits per heavy atom. The van der Waals surface area contributed by atoms with Crippen LogP contribution in [0.4, 0.5) is 0 Å². The van der Waals surface area contributed by atoms with Gasteiger partial charge in [0, 0.05) is 24.2 Å². The Balaban J connectivity index is 0.000000186. The van der Waals surface area contributed by atoms with Crippen LogP contribution < -0.4 is 22.9 Å². The van der Waals surface area contributed by atoms with E-state index in [4.69, 9.17) is 22.9 Å². The maximum atomic E-state index is 5.93. The first-order valence-electron chi connectivity index (χ1n) is 14.9. The van der Waals surface area contributed by atoms with Crippen LogP contribution >= 0.6 is 0 Å². The van der Waals surface area contributed by atoms with Crippen molar-refractivity contribution in [2.24, 2.45) is 46.6 Å². The number of hydrogen-bond acceptors (Lipinski definition) is 4. The summed E-state index contributed by atoms with van der Waals surface area (Å²) in [5.74, 6) is 3.93. The molecule has 0 amide bonds. The molecule has 0 aliphatic heterocycles. The second-order valence-corrected chi connectivity index (χ2v) is 12.2. The molecule has 0 aromatic rings. The van der Waals surface area contributed by atoms with Gasteiger partial charge >= 0.3 is 0 Å². The summed E-state index contributed by atoms with van der Waals surface area (Å²) in [6, 6.07) is 2.04. The monoisotopic (exact) mass is 464 g/mol. The van der Waals surface area contributed by atoms with Crippen LogP contribution in [-0.4, -0.2) is 24.2 Å². The molecule has 4 aliphatic carbocycles. The summed E-state index contributed by atoms with van der Waals surface area (Å²) >= 11 is 0. The summed E-state index contributed by atoms with van der Waals surface area (Å²) in [7, 11) is 0. The molecule has 4 rings (SSSR count). The van der Waals surface area contributed by atoms with Gasteiger partial charge in [-0.25, -0.2) is 0 Å². The molecule has 0 saturated heterocycles. The van der Waals surface area contributed by atoms with Crippen molar-refractivity contribution >= 4 is 0 Å². The van der Waals surface area contributed by atoms with Gasteiger partial charge in [0.1, 0.15) is 0 Å². The minimum atomic E-state index is 0.501. The van der Waals surface area contributed by atoms with Gasteiger partial charge in [0.25, 0.3) is 0 Å². The van der Waals surface area contributed by atoms with Crippen LogP contribution in [0, 0.1) is 23.7 Å². The third-order valence-electron chi connectivity index (χ3n) is 9.39. The fourth-order valence-corrected chi connectivity index (χ4v) is 6.51. The van der Waals surface area contributed by atoms with Gasteiger partial charge in [-0.15, -0.1) is 0 Å². The molecule has 0 unspecified atom stereocenters. The summed E-state index contributed by atoms with van der Waals surface area (Å²) in [4.78, 5) is 0. The zero-order chi connectivity index (χ0) is 24.1. The second-order valence-electron chi connectivity index (χ2n) is 12.2. The normalized spacial score (nSPS) is 39.5. The molecular formula is C29H60N4. The molecule has 0 bridgehead atoms. The van der Waals surface area contributed by atoms with Crippen LogP contribution in [0.25, 0.3) is 0 Å². The van der Waals surface area contributed by atoms with Gasteiger partial charge in [-0.05, 0) is 133 Å². The van der Waals surface area contributed by atoms with Crippen LogP contribution in [0.15, 0.2) is 0 Å². The Morgan fingerprint density at radius 1 is 0.364 bits per heavy atom. The van der Waals surface area contributed by atoms with Gasteiger partial charge in [-0.2, -0.15) is 0 Å². The lowest BCUT2D eigenvalue weighted by Gasteiger charge is -2.32. The van der Waals surface area contributed by atoms with E-state index in [1.165, 1.54) is 122 Å². The van der Waals surface area contributed by atoms with Crippen LogP contribution in [0.5, 0.6) is 0 Å². The molecule has 0 atom stereocenters. The first-order valence-corrected chi connectivity index (χ1v) is 14.9. The average Bonchev–Trinajstić information content (AvgIpc) is 2.84. The van der Waals surface area contributed by atoms with E-state index in [1.54, 1.807) is 0 Å². The Labute approximate surface area is 206 Å². The molecule has 33 heavy (non-hydrogen) atoms. The molecule has 8 N–H and O–H groups in total. The Bertz CT molecular complexity index is 410. The van der Waals surface area contributed by atoms with E-state index in [-0.39, 0.29) is 0 Å². The van der Waals surface area contributed by atoms with Crippen molar-refractivity contribution in [2.75, 3.05) is 0 Å². The lowest BCUT2D eigenvalue weighted by molar-refractivity contribution is 0.225. The highest BCUT2D eigenvalue weighted by molar-refractivity contribution is 4.80. The lowest BCUT2D eigenvalue weighted by Crippen LogP contribution is -2.30. The summed E-state index contributed by atoms with van der Waals surface area (Å²) < 4.78 is 0. The minimum Gasteiger partial charge on any atom is -0.328 e. The first kappa shape index (κ1) is 29.1. The molecule has 0 radical (unpaired) electrons. The van der Waals surface area contributed by atoms with Gasteiger partial charge in [0.2, 0.25) is 0 Å². The smallest absolute Gasteiger partial charge is 0.00390 e. The molecule has 4 aliphatic rings. The van der Waals surface area contributed by atoms with Gasteiger partial charge in [-0.1, -0.05) is 26.7 Å². The molecule has 196 valence electrons. The molecule has 4 heteroatoms. The van der Waals surface area contributed by atoms with Crippen molar-refractivity contribution < 1.29 is 0 Å². The molecule has 0 spiro atoms. The summed E-state index contributed by atoms with van der Waals surface area (Å²) in [5.41, 5.74) is 23.4. The predicted octanol–water partition coefficient (Wildman–Crippen LogP) is 6.24. The Hall–Kier alpha value is -0.160. The van der Waals surface area contributed by atoms with Gasteiger partial charge < -0.3 is 22.9 Å². The highest BCUT2D eigenvalue weighted by atomic mass is 14.6. The average molecular weight is 465 g/mol. The van der Waals surface area contributed by atoms with Crippen LogP contribution in [-0.2, 0) is 0 Å². The highest BCUT2D eigenvalue weighted by Gasteiger charge is 2.24. The summed E-state index contributed by atoms with van der Waals surface area (Å²) in [5, 5.41) is 0. The number of rotatable bonds is 4. The molecule has 0 heterocycles. The molecule has 4 fully saturated rings. The van der Waals surface area contributed by atoms with Gasteiger partial charge in [0.15, 0.2) is 0 Å². The summed E-state index contributed by atoms with van der Waals surface area (Å²) in [6.45, 7) is 4.56. The molecule has 4 nitrogen and oxygen atoms in total. The van der Waals surface area contributed by atoms with E-state index < -0.39 is 0 Å². The fraction of sp³-hybridized carbons (Fsp3) is 1.00. The standard InChI is InChI=1S/C13H26N2.2C8H17N/c14-12-5-1-10(2-6-12)9-11-3-7-13(15)8-4-11;2*1-2-7-3-5-8(9)6-4-7/h10-13H,1-9,14-15H2;2*7-8H,2-6,9H2,1H3. The maximum absolute atomic E-state index is 5.93. The van der Waals surface area contributed by atoms with E-state index in [0.29, 0.717) is 24.2 Å². The summed E-state index contributed by atoms with van der Waals surface area (Å²) in [6.07, 6.45) is 25.3. The second kappa shape index (κ2) is 16.5. The number of hydrogen-bond donors (Lipinski definition) is 4. The van der Waals surface area contributed by atoms with E-state index >= 15 is 0 Å². The predicted molar refractivity (Wildman–Crippen MR) is 145 cm³/mol. The molecule has 4 saturated carbocycles. The Morgan fingerprint density at radius 2 is 0.576 bits per heavy atom. The van der Waals surface area contributed by atoms with Gasteiger partial charge in [0.05, 0.1) is 0 Å². The van der Waals surface area contributed by atoms with E-state index in [1.807, 2.05) is 0 Å². The number of nitrogens with two attached hydrogens (primary N) is 4. The quantitative estimate of drug-likeness (QED) is 0.395. The minimum absolute atomic E-state index is 0.501. The van der Waals surface area contributed by atoms with E-state index in [0.717, 1.165) is 23.7 Å². The van der Waals surface area contributed by atoms with Crippen molar-refractivity contribution in [3.8, 4) is 0 Å². The fourth-order valence-electron chi connectivity index (χ4n) is 6.51. The lowest BCUT2D eigenvalue weighted by atomic mass is 9.76. The maximum Gasteiger partial charge on any atom is 0.00390 e. The van der Waals surface area contributed by atoms with E-state index in [9.17, 15) is 0 Å². The van der Waals surface area contributed by atoms with Crippen molar-refractivity contribution in [3.05, 3.63) is 0 Å². The van der Waals surface area contributed by atoms with Gasteiger partial charge in [-0.3, -0.25) is 0 Å². The van der Waals surface area contributed by atoms with E-state index in [2.05, 4.69) is 13.8 Å². The van der Waals surface area contributed by atoms with Crippen molar-refractivity contribution in [3.63, 3.8) is 0 Å². The van der Waals surface area contributed by atoms with Crippen molar-refractivity contribution in [2.45, 2.75) is 160 Å². The van der Waals surface area contributed by atoms with Crippen LogP contribution in [0.1, 0.15) is 136 Å². The molecule has 0 aromatic heterocycles. The first-order chi connectivity index (χ1) is 15.9. The molecular weight excluding hydrogens is 404 g/mol. The van der Waals surface area contributed by atoms with Crippen LogP contribution in [0.2, 0.25) is 0 Å². The Kier molecular flexibility index (Phi) is 14.5. The van der Waals surface area contributed by atoms with Crippen LogP contribution in [0.3, 0.4) is 0 Å². The van der Waals surface area contributed by atoms with Crippen molar-refractivity contribution in [1.82, 2.24) is 0 Å². The van der Waals surface area contributed by atoms with Crippen molar-refractivity contribution in [1.29, 1.82) is 0 Å². The topological polar surface area (TPSA) is 104 Å². The zero-order valence-electron chi connectivity index (χ0n) is 22.4. The molecule has 0 aromatic carbocycles. The zero-order valence-corrected chi connectivity index (χ0v) is 22.4.